The lowest BCUT2D eigenvalue weighted by atomic mass is 10.2. The van der Waals surface area contributed by atoms with Crippen LogP contribution in [0.3, 0.4) is 0 Å². The van der Waals surface area contributed by atoms with Crippen molar-refractivity contribution in [1.82, 2.24) is 8.61 Å². The van der Waals surface area contributed by atoms with Gasteiger partial charge < -0.3 is 9.47 Å². The molecule has 0 amide bonds. The van der Waals surface area contributed by atoms with Gasteiger partial charge >= 0.3 is 0 Å². The molecule has 1 aliphatic heterocycles. The number of morpholine rings is 1. The van der Waals surface area contributed by atoms with Gasteiger partial charge in [-0.25, -0.2) is 4.39 Å². The number of nitrogens with zero attached hydrogens (tertiary/aromatic N) is 2. The molecule has 1 heterocycles. The van der Waals surface area contributed by atoms with Gasteiger partial charge in [0.25, 0.3) is 10.2 Å². The van der Waals surface area contributed by atoms with E-state index in [2.05, 4.69) is 0 Å². The molecular weight excluding hydrogens is 323 g/mol. The lowest BCUT2D eigenvalue weighted by Crippen LogP contribution is -2.52. The predicted molar refractivity (Wildman–Crippen MR) is 84.9 cm³/mol. The van der Waals surface area contributed by atoms with Crippen LogP contribution < -0.4 is 4.74 Å². The Morgan fingerprint density at radius 3 is 2.48 bits per heavy atom. The zero-order valence-corrected chi connectivity index (χ0v) is 14.6. The highest BCUT2D eigenvalue weighted by molar-refractivity contribution is 7.86. The molecule has 0 aliphatic carbocycles. The molecule has 2 rings (SSSR count). The average molecular weight is 346 g/mol. The first kappa shape index (κ1) is 18.1. The van der Waals surface area contributed by atoms with Crippen molar-refractivity contribution in [1.29, 1.82) is 0 Å². The van der Waals surface area contributed by atoms with E-state index in [0.29, 0.717) is 18.7 Å². The van der Waals surface area contributed by atoms with Crippen molar-refractivity contribution in [2.24, 2.45) is 0 Å². The topological polar surface area (TPSA) is 59.1 Å². The summed E-state index contributed by atoms with van der Waals surface area (Å²) in [6, 6.07) is 4.43. The van der Waals surface area contributed by atoms with Gasteiger partial charge in [-0.05, 0) is 31.5 Å². The van der Waals surface area contributed by atoms with E-state index in [1.54, 1.807) is 6.07 Å². The number of methoxy groups -OCH3 is 1. The van der Waals surface area contributed by atoms with Crippen molar-refractivity contribution in [3.63, 3.8) is 0 Å². The first-order valence-electron chi connectivity index (χ1n) is 7.43. The zero-order chi connectivity index (χ0) is 17.2. The summed E-state index contributed by atoms with van der Waals surface area (Å²) in [7, 11) is -0.749. The molecule has 1 aliphatic rings. The highest BCUT2D eigenvalue weighted by atomic mass is 32.2. The van der Waals surface area contributed by atoms with Gasteiger partial charge in [0.15, 0.2) is 11.6 Å². The Kier molecular flexibility index (Phi) is 5.61. The second-order valence-corrected chi connectivity index (χ2v) is 7.84. The summed E-state index contributed by atoms with van der Waals surface area (Å²) in [6.07, 6.45) is -0.305. The quantitative estimate of drug-likeness (QED) is 0.813. The van der Waals surface area contributed by atoms with Gasteiger partial charge in [-0.15, -0.1) is 0 Å². The molecule has 23 heavy (non-hydrogen) atoms. The Labute approximate surface area is 137 Å². The summed E-state index contributed by atoms with van der Waals surface area (Å²) in [5.74, 6) is -0.375. The first-order chi connectivity index (χ1) is 10.7. The number of hydrogen-bond acceptors (Lipinski definition) is 4. The van der Waals surface area contributed by atoms with Crippen LogP contribution in [0, 0.1) is 5.82 Å². The van der Waals surface area contributed by atoms with Crippen molar-refractivity contribution in [3.8, 4) is 5.75 Å². The SMILES string of the molecule is COc1ccc(CN(C)S(=O)(=O)N2CC(C)OC(C)C2)cc1F. The van der Waals surface area contributed by atoms with E-state index in [-0.39, 0.29) is 24.5 Å². The maximum absolute atomic E-state index is 13.7. The molecule has 6 nitrogen and oxygen atoms in total. The molecule has 0 radical (unpaired) electrons. The number of rotatable bonds is 5. The van der Waals surface area contributed by atoms with Crippen LogP contribution in [-0.4, -0.2) is 56.5 Å². The van der Waals surface area contributed by atoms with Crippen molar-refractivity contribution in [2.45, 2.75) is 32.6 Å². The fourth-order valence-corrected chi connectivity index (χ4v) is 4.17. The summed E-state index contributed by atoms with van der Waals surface area (Å²) >= 11 is 0. The van der Waals surface area contributed by atoms with Crippen LogP contribution in [0.15, 0.2) is 18.2 Å². The molecule has 0 bridgehead atoms. The van der Waals surface area contributed by atoms with E-state index in [4.69, 9.17) is 9.47 Å². The maximum Gasteiger partial charge on any atom is 0.282 e. The van der Waals surface area contributed by atoms with Crippen LogP contribution in [0.4, 0.5) is 4.39 Å². The number of ether oxygens (including phenoxy) is 2. The maximum atomic E-state index is 13.7. The summed E-state index contributed by atoms with van der Waals surface area (Å²) in [5.41, 5.74) is 0.559. The fraction of sp³-hybridized carbons (Fsp3) is 0.600. The third-order valence-electron chi connectivity index (χ3n) is 3.73. The first-order valence-corrected chi connectivity index (χ1v) is 8.83. The van der Waals surface area contributed by atoms with Gasteiger partial charge in [0, 0.05) is 26.7 Å². The summed E-state index contributed by atoms with van der Waals surface area (Å²) in [6.45, 7) is 4.40. The lowest BCUT2D eigenvalue weighted by molar-refractivity contribution is -0.0453. The molecule has 2 atom stereocenters. The lowest BCUT2D eigenvalue weighted by Gasteiger charge is -2.36. The van der Waals surface area contributed by atoms with Crippen LogP contribution in [0.2, 0.25) is 0 Å². The van der Waals surface area contributed by atoms with Crippen molar-refractivity contribution >= 4 is 10.2 Å². The minimum atomic E-state index is -3.62. The van der Waals surface area contributed by atoms with Crippen LogP contribution in [-0.2, 0) is 21.5 Å². The van der Waals surface area contributed by atoms with Crippen molar-refractivity contribution < 1.29 is 22.3 Å². The molecule has 1 fully saturated rings. The molecule has 0 saturated carbocycles. The third kappa shape index (κ3) is 4.20. The molecule has 8 heteroatoms. The highest BCUT2D eigenvalue weighted by Crippen LogP contribution is 2.21. The predicted octanol–water partition coefficient (Wildman–Crippen LogP) is 1.62. The minimum absolute atomic E-state index is 0.0867. The molecular formula is C15H23FN2O4S. The Hall–Kier alpha value is -1.22. The van der Waals surface area contributed by atoms with E-state index in [1.165, 1.54) is 34.9 Å². The van der Waals surface area contributed by atoms with Crippen LogP contribution in [0.5, 0.6) is 5.75 Å². The van der Waals surface area contributed by atoms with Gasteiger partial charge in [-0.1, -0.05) is 6.07 Å². The van der Waals surface area contributed by atoms with Gasteiger partial charge in [-0.2, -0.15) is 17.0 Å². The van der Waals surface area contributed by atoms with Gasteiger partial charge in [0.1, 0.15) is 0 Å². The van der Waals surface area contributed by atoms with Crippen LogP contribution >= 0.6 is 0 Å². The smallest absolute Gasteiger partial charge is 0.282 e. The summed E-state index contributed by atoms with van der Waals surface area (Å²) < 4.78 is 52.1. The molecule has 1 aromatic rings. The van der Waals surface area contributed by atoms with Gasteiger partial charge in [0.2, 0.25) is 0 Å². The normalized spacial score (nSPS) is 23.2. The standard InChI is InChI=1S/C15H23FN2O4S/c1-11-8-18(9-12(2)22-11)23(19,20)17(3)10-13-5-6-15(21-4)14(16)7-13/h5-7,11-12H,8-10H2,1-4H3. The van der Waals surface area contributed by atoms with Crippen LogP contribution in [0.1, 0.15) is 19.4 Å². The Bertz CT molecular complexity index is 643. The Morgan fingerprint density at radius 1 is 1.35 bits per heavy atom. The van der Waals surface area contributed by atoms with Crippen molar-refractivity contribution in [3.05, 3.63) is 29.6 Å². The average Bonchev–Trinajstić information content (AvgIpc) is 2.46. The Balaban J connectivity index is 2.12. The molecule has 0 spiro atoms. The van der Waals surface area contributed by atoms with Crippen LogP contribution in [0.25, 0.3) is 0 Å². The molecule has 1 aromatic carbocycles. The highest BCUT2D eigenvalue weighted by Gasteiger charge is 2.33. The van der Waals surface area contributed by atoms with Gasteiger partial charge in [0.05, 0.1) is 19.3 Å². The molecule has 1 saturated heterocycles. The molecule has 0 N–H and O–H groups in total. The monoisotopic (exact) mass is 346 g/mol. The molecule has 130 valence electrons. The largest absolute Gasteiger partial charge is 0.494 e. The molecule has 2 unspecified atom stereocenters. The number of halogens is 1. The minimum Gasteiger partial charge on any atom is -0.494 e. The van der Waals surface area contributed by atoms with E-state index < -0.39 is 16.0 Å². The number of benzene rings is 1. The van der Waals surface area contributed by atoms with Gasteiger partial charge in [-0.3, -0.25) is 0 Å². The van der Waals surface area contributed by atoms with E-state index >= 15 is 0 Å². The second kappa shape index (κ2) is 7.12. The third-order valence-corrected chi connectivity index (χ3v) is 5.60. The van der Waals surface area contributed by atoms with E-state index in [9.17, 15) is 12.8 Å². The number of hydrogen-bond donors (Lipinski definition) is 0. The zero-order valence-electron chi connectivity index (χ0n) is 13.8. The summed E-state index contributed by atoms with van der Waals surface area (Å²) in [5, 5.41) is 0. The fourth-order valence-electron chi connectivity index (χ4n) is 2.66. The Morgan fingerprint density at radius 2 is 1.96 bits per heavy atom. The van der Waals surface area contributed by atoms with E-state index in [1.807, 2.05) is 13.8 Å². The summed E-state index contributed by atoms with van der Waals surface area (Å²) in [4.78, 5) is 0. The van der Waals surface area contributed by atoms with E-state index in [0.717, 1.165) is 0 Å². The van der Waals surface area contributed by atoms with Crippen molar-refractivity contribution in [2.75, 3.05) is 27.2 Å². The second-order valence-electron chi connectivity index (χ2n) is 5.81. The molecule has 0 aromatic heterocycles.